The number of aliphatic imine (C=N–C) groups is 1. The van der Waals surface area contributed by atoms with E-state index >= 15 is 0 Å². The molecule has 0 saturated carbocycles. The van der Waals surface area contributed by atoms with Gasteiger partial charge in [0.15, 0.2) is 6.34 Å². The Morgan fingerprint density at radius 2 is 1.30 bits per heavy atom. The highest BCUT2D eigenvalue weighted by molar-refractivity contribution is 5.68. The van der Waals surface area contributed by atoms with Crippen LogP contribution in [-0.4, -0.2) is 46.8 Å². The van der Waals surface area contributed by atoms with Crippen molar-refractivity contribution < 1.29 is 25.4 Å². The molecule has 0 bridgehead atoms. The van der Waals surface area contributed by atoms with E-state index in [9.17, 15) is 9.90 Å². The van der Waals surface area contributed by atoms with Gasteiger partial charge in [-0.1, -0.05) is 103 Å². The fraction of sp³-hybridized carbons (Fsp3) is 0.917. The van der Waals surface area contributed by atoms with Crippen LogP contribution in [0.2, 0.25) is 0 Å². The number of aliphatic carboxylic acids is 1. The summed E-state index contributed by atoms with van der Waals surface area (Å²) in [6.45, 7) is 3.65. The van der Waals surface area contributed by atoms with Crippen molar-refractivity contribution in [2.45, 2.75) is 128 Å². The summed E-state index contributed by atoms with van der Waals surface area (Å²) in [7, 11) is 0. The first-order valence-corrected chi connectivity index (χ1v) is 12.4. The molecule has 178 valence electrons. The van der Waals surface area contributed by atoms with Crippen molar-refractivity contribution in [1.82, 2.24) is 0 Å². The highest BCUT2D eigenvalue weighted by Crippen LogP contribution is 2.17. The van der Waals surface area contributed by atoms with Gasteiger partial charge < -0.3 is 15.7 Å². The highest BCUT2D eigenvalue weighted by atomic mass is 16.4. The molecule has 2 atom stereocenters. The fourth-order valence-electron chi connectivity index (χ4n) is 4.36. The molecule has 0 saturated heterocycles. The standard InChI is InChI=1S/C24H46N2O3.H2O/c1-2-3-4-5-6-7-8-9-10-11-12-13-14-15-16-17-18-24(29,21-23(27)28)26-20-19-25-22-26;/h22,29H,2-21H2,1H3,(H,27,28);1H2. The molecule has 0 amide bonds. The van der Waals surface area contributed by atoms with E-state index in [0.717, 1.165) is 17.7 Å². The molecule has 0 radical (unpaired) electrons. The van der Waals surface area contributed by atoms with Gasteiger partial charge in [-0.05, 0) is 6.42 Å². The van der Waals surface area contributed by atoms with Crippen molar-refractivity contribution in [3.05, 3.63) is 0 Å². The number of quaternary nitrogens is 1. The van der Waals surface area contributed by atoms with Crippen LogP contribution in [0.15, 0.2) is 4.99 Å². The number of carbonyl (C=O) groups is 1. The Balaban J connectivity index is 0.00000841. The van der Waals surface area contributed by atoms with E-state index in [1.165, 1.54) is 89.9 Å². The number of hydrogen-bond donors (Lipinski definition) is 3. The summed E-state index contributed by atoms with van der Waals surface area (Å²) in [5.41, 5.74) is -1.19. The van der Waals surface area contributed by atoms with E-state index in [1.807, 2.05) is 0 Å². The van der Waals surface area contributed by atoms with E-state index in [2.05, 4.69) is 11.9 Å². The molecule has 0 fully saturated rings. The number of hydrogen-bond acceptors (Lipinski definition) is 4. The van der Waals surface area contributed by atoms with Crippen LogP contribution in [0, 0.1) is 0 Å². The molecule has 1 rings (SSSR count). The van der Waals surface area contributed by atoms with Crippen LogP contribution < -0.4 is 4.90 Å². The van der Waals surface area contributed by atoms with E-state index in [-0.39, 0.29) is 11.9 Å². The minimum Gasteiger partial charge on any atom is -0.870 e. The van der Waals surface area contributed by atoms with E-state index < -0.39 is 11.7 Å². The SMILES string of the molecule is CCCCCCCCCCCCCCCCCCC(O)(CC(=O)O)[NH+]1C=NCC1.[OH-]. The molecule has 4 N–H and O–H groups in total. The maximum absolute atomic E-state index is 11.1. The molecule has 6 heteroatoms. The molecule has 0 spiro atoms. The number of carboxylic acids is 1. The van der Waals surface area contributed by atoms with Crippen LogP contribution in [0.25, 0.3) is 0 Å². The van der Waals surface area contributed by atoms with E-state index in [4.69, 9.17) is 5.11 Å². The molecule has 1 heterocycles. The van der Waals surface area contributed by atoms with Crippen LogP contribution in [0.5, 0.6) is 0 Å². The molecule has 0 aromatic rings. The molecule has 2 unspecified atom stereocenters. The van der Waals surface area contributed by atoms with Crippen molar-refractivity contribution in [1.29, 1.82) is 0 Å². The molecule has 0 aliphatic carbocycles. The zero-order chi connectivity index (χ0) is 21.2. The maximum Gasteiger partial charge on any atom is 0.312 e. The maximum atomic E-state index is 11.1. The monoisotopic (exact) mass is 428 g/mol. The zero-order valence-corrected chi connectivity index (χ0v) is 19.4. The highest BCUT2D eigenvalue weighted by Gasteiger charge is 2.41. The third-order valence-corrected chi connectivity index (χ3v) is 6.24. The first-order valence-electron chi connectivity index (χ1n) is 12.4. The van der Waals surface area contributed by atoms with Crippen LogP contribution >= 0.6 is 0 Å². The van der Waals surface area contributed by atoms with Gasteiger partial charge >= 0.3 is 5.97 Å². The van der Waals surface area contributed by atoms with Crippen molar-refractivity contribution in [3.63, 3.8) is 0 Å². The van der Waals surface area contributed by atoms with Crippen LogP contribution in [0.4, 0.5) is 0 Å². The second-order valence-corrected chi connectivity index (χ2v) is 8.97. The number of nitrogens with zero attached hydrogens (tertiary/aromatic N) is 1. The summed E-state index contributed by atoms with van der Waals surface area (Å²) in [5, 5.41) is 19.9. The lowest BCUT2D eigenvalue weighted by Gasteiger charge is -2.30. The average molecular weight is 429 g/mol. The molecular formula is C24H48N2O4. The normalized spacial score (nSPS) is 17.6. The Morgan fingerprint density at radius 1 is 0.867 bits per heavy atom. The number of rotatable bonds is 20. The zero-order valence-electron chi connectivity index (χ0n) is 19.4. The summed E-state index contributed by atoms with van der Waals surface area (Å²) >= 11 is 0. The van der Waals surface area contributed by atoms with Gasteiger partial charge in [0.2, 0.25) is 5.72 Å². The molecular weight excluding hydrogens is 380 g/mol. The van der Waals surface area contributed by atoms with Gasteiger partial charge in [-0.25, -0.2) is 4.99 Å². The summed E-state index contributed by atoms with van der Waals surface area (Å²) in [6, 6.07) is 0. The molecule has 6 nitrogen and oxygen atoms in total. The number of unbranched alkanes of at least 4 members (excludes halogenated alkanes) is 15. The first kappa shape index (κ1) is 29.0. The molecule has 1 aliphatic heterocycles. The average Bonchev–Trinajstić information content (AvgIpc) is 3.23. The minimum atomic E-state index is -1.19. The molecule has 0 aromatic heterocycles. The first-order chi connectivity index (χ1) is 14.1. The Morgan fingerprint density at radius 3 is 1.67 bits per heavy atom. The summed E-state index contributed by atoms with van der Waals surface area (Å²) in [6.07, 6.45) is 23.1. The second-order valence-electron chi connectivity index (χ2n) is 8.97. The van der Waals surface area contributed by atoms with Gasteiger partial charge in [-0.15, -0.1) is 0 Å². The van der Waals surface area contributed by atoms with Crippen LogP contribution in [0.3, 0.4) is 0 Å². The number of carboxylic acid groups (broad SMARTS) is 1. The Bertz CT molecular complexity index is 445. The van der Waals surface area contributed by atoms with Gasteiger partial charge in [0.1, 0.15) is 13.0 Å². The van der Waals surface area contributed by atoms with E-state index in [0.29, 0.717) is 19.5 Å². The lowest BCUT2D eigenvalue weighted by atomic mass is 9.98. The van der Waals surface area contributed by atoms with Gasteiger partial charge in [0.25, 0.3) is 0 Å². The van der Waals surface area contributed by atoms with Crippen LogP contribution in [-0.2, 0) is 4.79 Å². The predicted molar refractivity (Wildman–Crippen MR) is 122 cm³/mol. The second kappa shape index (κ2) is 18.8. The fourth-order valence-corrected chi connectivity index (χ4v) is 4.36. The quantitative estimate of drug-likeness (QED) is 0.247. The predicted octanol–water partition coefficient (Wildman–Crippen LogP) is 4.55. The topological polar surface area (TPSA) is 104 Å². The smallest absolute Gasteiger partial charge is 0.312 e. The summed E-state index contributed by atoms with van der Waals surface area (Å²) in [5.74, 6) is -0.934. The van der Waals surface area contributed by atoms with Crippen molar-refractivity contribution in [2.75, 3.05) is 13.1 Å². The van der Waals surface area contributed by atoms with Gasteiger partial charge in [0, 0.05) is 6.42 Å². The third kappa shape index (κ3) is 14.1. The molecule has 1 aliphatic rings. The summed E-state index contributed by atoms with van der Waals surface area (Å²) < 4.78 is 0. The minimum absolute atomic E-state index is 0. The summed E-state index contributed by atoms with van der Waals surface area (Å²) in [4.78, 5) is 16.1. The Labute approximate surface area is 184 Å². The van der Waals surface area contributed by atoms with Crippen molar-refractivity contribution in [2.24, 2.45) is 4.99 Å². The van der Waals surface area contributed by atoms with E-state index in [1.54, 1.807) is 6.34 Å². The number of nitrogens with one attached hydrogen (secondary N) is 1. The number of aliphatic hydroxyl groups is 1. The van der Waals surface area contributed by atoms with Crippen molar-refractivity contribution in [3.8, 4) is 0 Å². The Kier molecular flexibility index (Phi) is 18.1. The lowest BCUT2D eigenvalue weighted by molar-refractivity contribution is -0.885. The molecule has 30 heavy (non-hydrogen) atoms. The third-order valence-electron chi connectivity index (χ3n) is 6.24. The van der Waals surface area contributed by atoms with Gasteiger partial charge in [0.05, 0.1) is 6.54 Å². The van der Waals surface area contributed by atoms with Gasteiger partial charge in [-0.2, -0.15) is 0 Å². The lowest BCUT2D eigenvalue weighted by Crippen LogP contribution is -3.19. The Hall–Kier alpha value is -0.980. The van der Waals surface area contributed by atoms with Crippen LogP contribution in [0.1, 0.15) is 122 Å². The molecule has 0 aromatic carbocycles. The van der Waals surface area contributed by atoms with Gasteiger partial charge in [-0.3, -0.25) is 9.69 Å². The van der Waals surface area contributed by atoms with Crippen molar-refractivity contribution >= 4 is 12.3 Å². The largest absolute Gasteiger partial charge is 0.870 e.